The lowest BCUT2D eigenvalue weighted by molar-refractivity contribution is -0.136. The van der Waals surface area contributed by atoms with E-state index in [9.17, 15) is 9.59 Å². The average molecular weight is 297 g/mol. The lowest BCUT2D eigenvalue weighted by atomic mass is 9.87. The molecule has 4 heteroatoms. The van der Waals surface area contributed by atoms with Crippen molar-refractivity contribution in [3.8, 4) is 0 Å². The van der Waals surface area contributed by atoms with Crippen molar-refractivity contribution in [3.63, 3.8) is 0 Å². The van der Waals surface area contributed by atoms with Crippen molar-refractivity contribution in [3.05, 3.63) is 71.3 Å². The van der Waals surface area contributed by atoms with E-state index in [2.05, 4.69) is 0 Å². The standard InChI is InChI=1S/C18H19NO3/c19-18(22)16(11-10-13-6-2-1-3-7-13)15-9-5-4-8-14(15)12-17(20)21/h1-9,16H,10-12H2,(H2,19,22)(H,20,21). The average Bonchev–Trinajstić information content (AvgIpc) is 2.49. The van der Waals surface area contributed by atoms with Crippen molar-refractivity contribution in [2.24, 2.45) is 5.73 Å². The molecule has 2 aromatic rings. The third kappa shape index (κ3) is 4.19. The van der Waals surface area contributed by atoms with Crippen LogP contribution in [0.2, 0.25) is 0 Å². The van der Waals surface area contributed by atoms with Crippen LogP contribution in [0.25, 0.3) is 0 Å². The van der Waals surface area contributed by atoms with Gasteiger partial charge in [-0.2, -0.15) is 0 Å². The highest BCUT2D eigenvalue weighted by molar-refractivity contribution is 5.83. The first-order chi connectivity index (χ1) is 10.6. The number of hydrogen-bond donors (Lipinski definition) is 2. The highest BCUT2D eigenvalue weighted by Gasteiger charge is 2.21. The Balaban J connectivity index is 2.21. The summed E-state index contributed by atoms with van der Waals surface area (Å²) in [5, 5.41) is 9.00. The number of benzene rings is 2. The Morgan fingerprint density at radius 1 is 1.00 bits per heavy atom. The molecule has 0 saturated heterocycles. The van der Waals surface area contributed by atoms with Gasteiger partial charge in [0.05, 0.1) is 12.3 Å². The number of nitrogens with two attached hydrogens (primary N) is 1. The number of carbonyl (C=O) groups excluding carboxylic acids is 1. The number of carboxylic acid groups (broad SMARTS) is 1. The minimum absolute atomic E-state index is 0.106. The number of aliphatic carboxylic acids is 1. The quantitative estimate of drug-likeness (QED) is 0.824. The van der Waals surface area contributed by atoms with Gasteiger partial charge < -0.3 is 10.8 Å². The van der Waals surface area contributed by atoms with E-state index in [1.54, 1.807) is 24.3 Å². The third-order valence-electron chi connectivity index (χ3n) is 3.68. The minimum Gasteiger partial charge on any atom is -0.481 e. The molecule has 1 atom stereocenters. The zero-order valence-corrected chi connectivity index (χ0v) is 12.2. The summed E-state index contributed by atoms with van der Waals surface area (Å²) >= 11 is 0. The van der Waals surface area contributed by atoms with Crippen LogP contribution in [0.1, 0.15) is 29.0 Å². The molecular weight excluding hydrogens is 278 g/mol. The number of rotatable bonds is 7. The molecule has 4 nitrogen and oxygen atoms in total. The molecule has 0 aromatic heterocycles. The second kappa shape index (κ2) is 7.41. The zero-order valence-electron chi connectivity index (χ0n) is 12.2. The van der Waals surface area contributed by atoms with Crippen LogP contribution >= 0.6 is 0 Å². The minimum atomic E-state index is -0.918. The highest BCUT2D eigenvalue weighted by atomic mass is 16.4. The van der Waals surface area contributed by atoms with Crippen LogP contribution in [0.4, 0.5) is 0 Å². The van der Waals surface area contributed by atoms with Crippen LogP contribution in [-0.2, 0) is 22.4 Å². The van der Waals surface area contributed by atoms with E-state index >= 15 is 0 Å². The van der Waals surface area contributed by atoms with Crippen molar-refractivity contribution < 1.29 is 14.7 Å². The molecule has 2 aromatic carbocycles. The maximum atomic E-state index is 11.8. The molecule has 0 bridgehead atoms. The second-order valence-corrected chi connectivity index (χ2v) is 5.25. The topological polar surface area (TPSA) is 80.4 Å². The third-order valence-corrected chi connectivity index (χ3v) is 3.68. The summed E-state index contributed by atoms with van der Waals surface area (Å²) in [5.74, 6) is -1.82. The Kier molecular flexibility index (Phi) is 5.31. The fourth-order valence-electron chi connectivity index (χ4n) is 2.60. The van der Waals surface area contributed by atoms with Gasteiger partial charge in [0, 0.05) is 0 Å². The SMILES string of the molecule is NC(=O)C(CCc1ccccc1)c1ccccc1CC(=O)O. The van der Waals surface area contributed by atoms with Gasteiger partial charge in [-0.3, -0.25) is 9.59 Å². The molecule has 0 heterocycles. The van der Waals surface area contributed by atoms with E-state index in [4.69, 9.17) is 10.8 Å². The number of carboxylic acids is 1. The summed E-state index contributed by atoms with van der Waals surface area (Å²) in [6.07, 6.45) is 1.18. The van der Waals surface area contributed by atoms with Gasteiger partial charge in [-0.1, -0.05) is 54.6 Å². The van der Waals surface area contributed by atoms with Crippen molar-refractivity contribution >= 4 is 11.9 Å². The Labute approximate surface area is 129 Å². The van der Waals surface area contributed by atoms with Crippen molar-refractivity contribution in [2.45, 2.75) is 25.2 Å². The fourth-order valence-corrected chi connectivity index (χ4v) is 2.60. The first kappa shape index (κ1) is 15.8. The number of carbonyl (C=O) groups is 2. The molecule has 0 aliphatic rings. The molecule has 0 aliphatic heterocycles. The lowest BCUT2D eigenvalue weighted by Gasteiger charge is -2.17. The summed E-state index contributed by atoms with van der Waals surface area (Å²) in [6, 6.07) is 17.0. The van der Waals surface area contributed by atoms with Crippen molar-refractivity contribution in [1.82, 2.24) is 0 Å². The van der Waals surface area contributed by atoms with Gasteiger partial charge >= 0.3 is 5.97 Å². The molecule has 0 radical (unpaired) electrons. The monoisotopic (exact) mass is 297 g/mol. The summed E-state index contributed by atoms with van der Waals surface area (Å²) < 4.78 is 0. The molecule has 0 saturated carbocycles. The van der Waals surface area contributed by atoms with Crippen LogP contribution in [-0.4, -0.2) is 17.0 Å². The van der Waals surface area contributed by atoms with Gasteiger partial charge in [0.15, 0.2) is 0 Å². The van der Waals surface area contributed by atoms with Crippen LogP contribution in [0.3, 0.4) is 0 Å². The van der Waals surface area contributed by atoms with Crippen molar-refractivity contribution in [2.75, 3.05) is 0 Å². The highest BCUT2D eigenvalue weighted by Crippen LogP contribution is 2.25. The van der Waals surface area contributed by atoms with Gasteiger partial charge in [0.2, 0.25) is 5.91 Å². The molecule has 0 spiro atoms. The molecule has 0 fully saturated rings. The van der Waals surface area contributed by atoms with Gasteiger partial charge in [-0.25, -0.2) is 0 Å². The number of amides is 1. The van der Waals surface area contributed by atoms with Crippen molar-refractivity contribution in [1.29, 1.82) is 0 Å². The van der Waals surface area contributed by atoms with E-state index in [1.165, 1.54) is 0 Å². The first-order valence-electron chi connectivity index (χ1n) is 7.20. The Bertz CT molecular complexity index is 652. The number of hydrogen-bond acceptors (Lipinski definition) is 2. The van der Waals surface area contributed by atoms with E-state index in [0.717, 1.165) is 12.0 Å². The molecule has 3 N–H and O–H groups in total. The molecule has 114 valence electrons. The molecule has 1 unspecified atom stereocenters. The Morgan fingerprint density at radius 3 is 2.27 bits per heavy atom. The molecular formula is C18H19NO3. The maximum absolute atomic E-state index is 11.8. The van der Waals surface area contributed by atoms with E-state index in [-0.39, 0.29) is 6.42 Å². The first-order valence-corrected chi connectivity index (χ1v) is 7.20. The van der Waals surface area contributed by atoms with Crippen LogP contribution in [0.5, 0.6) is 0 Å². The molecule has 0 aliphatic carbocycles. The van der Waals surface area contributed by atoms with Gasteiger partial charge in [0.25, 0.3) is 0 Å². The van der Waals surface area contributed by atoms with Crippen LogP contribution < -0.4 is 5.73 Å². The molecule has 1 amide bonds. The Morgan fingerprint density at radius 2 is 1.64 bits per heavy atom. The van der Waals surface area contributed by atoms with Crippen LogP contribution in [0.15, 0.2) is 54.6 Å². The van der Waals surface area contributed by atoms with Crippen LogP contribution in [0, 0.1) is 0 Å². The number of primary amides is 1. The van der Waals surface area contributed by atoms with E-state index in [1.807, 2.05) is 30.3 Å². The summed E-state index contributed by atoms with van der Waals surface area (Å²) in [4.78, 5) is 22.8. The van der Waals surface area contributed by atoms with E-state index in [0.29, 0.717) is 17.5 Å². The van der Waals surface area contributed by atoms with E-state index < -0.39 is 17.8 Å². The smallest absolute Gasteiger partial charge is 0.307 e. The van der Waals surface area contributed by atoms with Gasteiger partial charge in [-0.05, 0) is 29.5 Å². The number of aryl methyl sites for hydroxylation is 1. The lowest BCUT2D eigenvalue weighted by Crippen LogP contribution is -2.23. The summed E-state index contributed by atoms with van der Waals surface area (Å²) in [5.41, 5.74) is 8.04. The fraction of sp³-hybridized carbons (Fsp3) is 0.222. The zero-order chi connectivity index (χ0) is 15.9. The molecule has 2 rings (SSSR count). The second-order valence-electron chi connectivity index (χ2n) is 5.25. The summed E-state index contributed by atoms with van der Waals surface area (Å²) in [6.45, 7) is 0. The predicted octanol–water partition coefficient (Wildman–Crippen LogP) is 2.52. The van der Waals surface area contributed by atoms with Gasteiger partial charge in [0.1, 0.15) is 0 Å². The Hall–Kier alpha value is -2.62. The predicted molar refractivity (Wildman–Crippen MR) is 84.5 cm³/mol. The molecule has 22 heavy (non-hydrogen) atoms. The normalized spacial score (nSPS) is 11.8. The largest absolute Gasteiger partial charge is 0.481 e. The van der Waals surface area contributed by atoms with Gasteiger partial charge in [-0.15, -0.1) is 0 Å². The maximum Gasteiger partial charge on any atom is 0.307 e. The summed E-state index contributed by atoms with van der Waals surface area (Å²) in [7, 11) is 0.